The maximum Gasteiger partial charge on any atom is 0.153 e. The minimum absolute atomic E-state index is 0.511. The van der Waals surface area contributed by atoms with Crippen molar-refractivity contribution in [1.82, 2.24) is 0 Å². The summed E-state index contributed by atoms with van der Waals surface area (Å²) in [5.74, 6) is 1.23. The van der Waals surface area contributed by atoms with Crippen molar-refractivity contribution in [2.24, 2.45) is 0 Å². The molecule has 4 heteroatoms. The van der Waals surface area contributed by atoms with Gasteiger partial charge in [0.2, 0.25) is 0 Å². The third-order valence-electron chi connectivity index (χ3n) is 2.41. The van der Waals surface area contributed by atoms with E-state index in [0.29, 0.717) is 17.1 Å². The number of aryl methyl sites for hydroxylation is 1. The Morgan fingerprint density at radius 1 is 1.06 bits per heavy atom. The lowest BCUT2D eigenvalue weighted by atomic mass is 10.2. The molecule has 2 rings (SSSR count). The van der Waals surface area contributed by atoms with Gasteiger partial charge in [0.25, 0.3) is 0 Å². The Balaban J connectivity index is 2.36. The van der Waals surface area contributed by atoms with E-state index in [1.54, 1.807) is 12.1 Å². The van der Waals surface area contributed by atoms with Crippen LogP contribution in [0.2, 0.25) is 0 Å². The SMILES string of the molecule is Cc1ccc(Oc2ccc(Br)cc2C=O)c(Br)c1. The van der Waals surface area contributed by atoms with Gasteiger partial charge in [0.05, 0.1) is 10.0 Å². The highest BCUT2D eigenvalue weighted by Gasteiger charge is 2.07. The van der Waals surface area contributed by atoms with E-state index in [1.807, 2.05) is 31.2 Å². The number of rotatable bonds is 3. The molecule has 0 N–H and O–H groups in total. The number of halogens is 2. The first kappa shape index (κ1) is 13.3. The zero-order chi connectivity index (χ0) is 13.1. The highest BCUT2D eigenvalue weighted by atomic mass is 79.9. The van der Waals surface area contributed by atoms with Crippen LogP contribution in [0, 0.1) is 6.92 Å². The standard InChI is InChI=1S/C14H10Br2O2/c1-9-2-4-14(12(16)6-9)18-13-5-3-11(15)7-10(13)8-17/h2-8H,1H3. The maximum absolute atomic E-state index is 11.0. The molecular formula is C14H10Br2O2. The second-order valence-corrected chi connectivity index (χ2v) is 5.61. The van der Waals surface area contributed by atoms with Gasteiger partial charge in [0.1, 0.15) is 11.5 Å². The van der Waals surface area contributed by atoms with Crippen LogP contribution in [-0.2, 0) is 0 Å². The molecule has 0 atom stereocenters. The Morgan fingerprint density at radius 2 is 1.78 bits per heavy atom. The summed E-state index contributed by atoms with van der Waals surface area (Å²) in [6, 6.07) is 11.1. The van der Waals surface area contributed by atoms with Crippen LogP contribution in [0.15, 0.2) is 45.3 Å². The van der Waals surface area contributed by atoms with E-state index >= 15 is 0 Å². The van der Waals surface area contributed by atoms with Crippen LogP contribution in [-0.4, -0.2) is 6.29 Å². The van der Waals surface area contributed by atoms with E-state index in [9.17, 15) is 4.79 Å². The van der Waals surface area contributed by atoms with Crippen molar-refractivity contribution in [3.05, 3.63) is 56.5 Å². The van der Waals surface area contributed by atoms with Gasteiger partial charge in [-0.3, -0.25) is 4.79 Å². The molecule has 0 aliphatic heterocycles. The summed E-state index contributed by atoms with van der Waals surface area (Å²) < 4.78 is 7.45. The van der Waals surface area contributed by atoms with Crippen molar-refractivity contribution in [2.75, 3.05) is 0 Å². The van der Waals surface area contributed by atoms with Crippen molar-refractivity contribution in [2.45, 2.75) is 6.92 Å². The largest absolute Gasteiger partial charge is 0.455 e. The molecule has 0 fully saturated rings. The van der Waals surface area contributed by atoms with Gasteiger partial charge >= 0.3 is 0 Å². The Labute approximate surface area is 122 Å². The number of hydrogen-bond donors (Lipinski definition) is 0. The van der Waals surface area contributed by atoms with Gasteiger partial charge < -0.3 is 4.74 Å². The van der Waals surface area contributed by atoms with Crippen LogP contribution < -0.4 is 4.74 Å². The fourth-order valence-corrected chi connectivity index (χ4v) is 2.46. The molecule has 2 aromatic carbocycles. The van der Waals surface area contributed by atoms with Crippen LogP contribution >= 0.6 is 31.9 Å². The van der Waals surface area contributed by atoms with Gasteiger partial charge in [-0.25, -0.2) is 0 Å². The zero-order valence-electron chi connectivity index (χ0n) is 9.61. The lowest BCUT2D eigenvalue weighted by molar-refractivity contribution is 0.112. The molecule has 2 nitrogen and oxygen atoms in total. The van der Waals surface area contributed by atoms with Gasteiger partial charge in [0, 0.05) is 4.47 Å². The van der Waals surface area contributed by atoms with Crippen LogP contribution in [0.3, 0.4) is 0 Å². The van der Waals surface area contributed by atoms with Crippen LogP contribution in [0.1, 0.15) is 15.9 Å². The van der Waals surface area contributed by atoms with Crippen LogP contribution in [0.25, 0.3) is 0 Å². The Bertz CT molecular complexity index is 594. The first-order chi connectivity index (χ1) is 8.60. The van der Waals surface area contributed by atoms with Crippen molar-refractivity contribution in [1.29, 1.82) is 0 Å². The Morgan fingerprint density at radius 3 is 2.44 bits per heavy atom. The summed E-state index contributed by atoms with van der Waals surface area (Å²) in [5.41, 5.74) is 1.65. The number of hydrogen-bond acceptors (Lipinski definition) is 2. The molecule has 0 heterocycles. The second-order valence-electron chi connectivity index (χ2n) is 3.84. The topological polar surface area (TPSA) is 26.3 Å². The minimum atomic E-state index is 0.511. The summed E-state index contributed by atoms with van der Waals surface area (Å²) in [5, 5.41) is 0. The first-order valence-electron chi connectivity index (χ1n) is 5.29. The second kappa shape index (κ2) is 5.67. The molecule has 18 heavy (non-hydrogen) atoms. The molecule has 0 bridgehead atoms. The molecule has 0 aliphatic rings. The summed E-state index contributed by atoms with van der Waals surface area (Å²) in [6.07, 6.45) is 0.780. The van der Waals surface area contributed by atoms with Crippen molar-refractivity contribution in [3.63, 3.8) is 0 Å². The van der Waals surface area contributed by atoms with E-state index in [2.05, 4.69) is 31.9 Å². The molecule has 2 aromatic rings. The smallest absolute Gasteiger partial charge is 0.153 e. The molecular weight excluding hydrogens is 360 g/mol. The van der Waals surface area contributed by atoms with Gasteiger partial charge in [0.15, 0.2) is 6.29 Å². The summed E-state index contributed by atoms with van der Waals surface area (Å²) >= 11 is 6.77. The summed E-state index contributed by atoms with van der Waals surface area (Å²) in [4.78, 5) is 11.0. The third kappa shape index (κ3) is 3.00. The van der Waals surface area contributed by atoms with Gasteiger partial charge in [-0.1, -0.05) is 22.0 Å². The predicted octanol–water partition coefficient (Wildman–Crippen LogP) is 5.12. The number of carbonyl (C=O) groups excluding carboxylic acids is 1. The van der Waals surface area contributed by atoms with Crippen molar-refractivity contribution in [3.8, 4) is 11.5 Å². The highest BCUT2D eigenvalue weighted by molar-refractivity contribution is 9.10. The Hall–Kier alpha value is -1.13. The van der Waals surface area contributed by atoms with E-state index < -0.39 is 0 Å². The molecule has 0 amide bonds. The predicted molar refractivity (Wildman–Crippen MR) is 78.5 cm³/mol. The van der Waals surface area contributed by atoms with E-state index in [4.69, 9.17) is 4.74 Å². The molecule has 0 aromatic heterocycles. The Kier molecular flexibility index (Phi) is 4.19. The number of aldehydes is 1. The number of benzene rings is 2. The highest BCUT2D eigenvalue weighted by Crippen LogP contribution is 2.32. The lowest BCUT2D eigenvalue weighted by Gasteiger charge is -2.10. The molecule has 0 unspecified atom stereocenters. The van der Waals surface area contributed by atoms with Crippen LogP contribution in [0.4, 0.5) is 0 Å². The monoisotopic (exact) mass is 368 g/mol. The molecule has 0 saturated heterocycles. The van der Waals surface area contributed by atoms with Gasteiger partial charge in [-0.05, 0) is 58.7 Å². The van der Waals surface area contributed by atoms with Crippen molar-refractivity contribution >= 4 is 38.1 Å². The normalized spacial score (nSPS) is 10.2. The molecule has 0 saturated carbocycles. The van der Waals surface area contributed by atoms with Gasteiger partial charge in [-0.2, -0.15) is 0 Å². The molecule has 0 spiro atoms. The molecule has 92 valence electrons. The quantitative estimate of drug-likeness (QED) is 0.701. The number of ether oxygens (including phenoxy) is 1. The average Bonchev–Trinajstić information content (AvgIpc) is 2.34. The lowest BCUT2D eigenvalue weighted by Crippen LogP contribution is -1.91. The van der Waals surface area contributed by atoms with Crippen molar-refractivity contribution < 1.29 is 9.53 Å². The minimum Gasteiger partial charge on any atom is -0.455 e. The van der Waals surface area contributed by atoms with E-state index in [0.717, 1.165) is 20.8 Å². The van der Waals surface area contributed by atoms with E-state index in [1.165, 1.54) is 0 Å². The number of carbonyl (C=O) groups is 1. The summed E-state index contributed by atoms with van der Waals surface area (Å²) in [6.45, 7) is 2.00. The average molecular weight is 370 g/mol. The third-order valence-corrected chi connectivity index (χ3v) is 3.52. The first-order valence-corrected chi connectivity index (χ1v) is 6.87. The fourth-order valence-electron chi connectivity index (χ4n) is 1.51. The maximum atomic E-state index is 11.0. The molecule has 0 radical (unpaired) electrons. The molecule has 0 aliphatic carbocycles. The van der Waals surface area contributed by atoms with E-state index in [-0.39, 0.29) is 0 Å². The fraction of sp³-hybridized carbons (Fsp3) is 0.0714. The summed E-state index contributed by atoms with van der Waals surface area (Å²) in [7, 11) is 0. The van der Waals surface area contributed by atoms with Gasteiger partial charge in [-0.15, -0.1) is 0 Å². The zero-order valence-corrected chi connectivity index (χ0v) is 12.8. The van der Waals surface area contributed by atoms with Crippen LogP contribution in [0.5, 0.6) is 11.5 Å².